The Balaban J connectivity index is 2.63. The Bertz CT molecular complexity index is 518. The Hall–Kier alpha value is -1.97. The largest absolute Gasteiger partial charge is 0.496 e. The van der Waals surface area contributed by atoms with Gasteiger partial charge in [-0.25, -0.2) is 0 Å². The fraction of sp³-hybridized carbons (Fsp3) is 0.250. The van der Waals surface area contributed by atoms with Crippen molar-refractivity contribution in [3.05, 3.63) is 29.3 Å². The van der Waals surface area contributed by atoms with Gasteiger partial charge in [0.1, 0.15) is 11.4 Å². The molecule has 0 aliphatic carbocycles. The van der Waals surface area contributed by atoms with E-state index in [9.17, 15) is 0 Å². The number of benzene rings is 1. The van der Waals surface area contributed by atoms with Gasteiger partial charge in [-0.05, 0) is 31.0 Å². The quantitative estimate of drug-likeness (QED) is 0.841. The zero-order chi connectivity index (χ0) is 11.7. The van der Waals surface area contributed by atoms with Crippen molar-refractivity contribution in [2.24, 2.45) is 0 Å². The number of aryl methyl sites for hydroxylation is 2. The summed E-state index contributed by atoms with van der Waals surface area (Å²) in [6.45, 7) is 4.03. The fourth-order valence-corrected chi connectivity index (χ4v) is 1.83. The van der Waals surface area contributed by atoms with Crippen LogP contribution >= 0.6 is 0 Å². The lowest BCUT2D eigenvalue weighted by Crippen LogP contribution is -1.92. The van der Waals surface area contributed by atoms with E-state index in [4.69, 9.17) is 15.0 Å². The van der Waals surface area contributed by atoms with Gasteiger partial charge in [0.25, 0.3) is 0 Å². The smallest absolute Gasteiger partial charge is 0.222 e. The van der Waals surface area contributed by atoms with Gasteiger partial charge < -0.3 is 15.0 Å². The van der Waals surface area contributed by atoms with Gasteiger partial charge in [0.15, 0.2) is 0 Å². The van der Waals surface area contributed by atoms with Gasteiger partial charge in [0.05, 0.1) is 7.11 Å². The summed E-state index contributed by atoms with van der Waals surface area (Å²) in [5.74, 6) is 1.11. The third-order valence-electron chi connectivity index (χ3n) is 2.43. The second kappa shape index (κ2) is 3.89. The zero-order valence-corrected chi connectivity index (χ0v) is 9.57. The van der Waals surface area contributed by atoms with E-state index in [1.807, 2.05) is 19.9 Å². The molecule has 0 spiro atoms. The first-order chi connectivity index (χ1) is 7.61. The molecule has 1 heterocycles. The van der Waals surface area contributed by atoms with Crippen LogP contribution in [0.1, 0.15) is 11.1 Å². The highest BCUT2D eigenvalue weighted by atomic mass is 16.5. The lowest BCUT2D eigenvalue weighted by atomic mass is 10.0. The molecule has 0 aliphatic rings. The van der Waals surface area contributed by atoms with E-state index in [0.29, 0.717) is 11.6 Å². The average Bonchev–Trinajstić information content (AvgIpc) is 2.63. The summed E-state index contributed by atoms with van der Waals surface area (Å²) in [5.41, 5.74) is 9.33. The summed E-state index contributed by atoms with van der Waals surface area (Å²) < 4.78 is 10.2. The van der Waals surface area contributed by atoms with Crippen LogP contribution < -0.4 is 10.5 Å². The highest BCUT2D eigenvalue weighted by Gasteiger charge is 2.13. The van der Waals surface area contributed by atoms with Crippen LogP contribution in [0.25, 0.3) is 11.3 Å². The third kappa shape index (κ3) is 1.74. The molecule has 0 fully saturated rings. The summed E-state index contributed by atoms with van der Waals surface area (Å²) in [4.78, 5) is 0. The van der Waals surface area contributed by atoms with Crippen molar-refractivity contribution in [3.8, 4) is 17.0 Å². The number of hydrogen-bond acceptors (Lipinski definition) is 4. The first-order valence-electron chi connectivity index (χ1n) is 4.99. The van der Waals surface area contributed by atoms with Gasteiger partial charge in [-0.1, -0.05) is 11.2 Å². The summed E-state index contributed by atoms with van der Waals surface area (Å²) >= 11 is 0. The molecule has 0 saturated carbocycles. The number of methoxy groups -OCH3 is 1. The van der Waals surface area contributed by atoms with E-state index < -0.39 is 0 Å². The number of rotatable bonds is 2. The van der Waals surface area contributed by atoms with Crippen LogP contribution in [0, 0.1) is 13.8 Å². The number of aromatic nitrogens is 1. The van der Waals surface area contributed by atoms with Crippen LogP contribution in [0.15, 0.2) is 22.7 Å². The minimum absolute atomic E-state index is 0.302. The highest BCUT2D eigenvalue weighted by Crippen LogP contribution is 2.33. The standard InChI is InChI=1S/C12H14N2O2/c1-7-4-8(2)12(15-3)9(5-7)10-6-11(13)16-14-10/h4-6H,13H2,1-3H3. The molecular weight excluding hydrogens is 204 g/mol. The van der Waals surface area contributed by atoms with Gasteiger partial charge in [-0.3, -0.25) is 0 Å². The van der Waals surface area contributed by atoms with Crippen molar-refractivity contribution in [3.63, 3.8) is 0 Å². The molecule has 4 nitrogen and oxygen atoms in total. The minimum atomic E-state index is 0.302. The lowest BCUT2D eigenvalue weighted by Gasteiger charge is -2.10. The molecular formula is C12H14N2O2. The van der Waals surface area contributed by atoms with E-state index in [2.05, 4.69) is 11.2 Å². The summed E-state index contributed by atoms with van der Waals surface area (Å²) in [6, 6.07) is 5.76. The van der Waals surface area contributed by atoms with Crippen molar-refractivity contribution < 1.29 is 9.26 Å². The van der Waals surface area contributed by atoms with E-state index in [0.717, 1.165) is 22.4 Å². The van der Waals surface area contributed by atoms with Crippen LogP contribution in [0.4, 0.5) is 5.88 Å². The molecule has 1 aromatic heterocycles. The molecule has 2 rings (SSSR count). The second-order valence-electron chi connectivity index (χ2n) is 3.78. The van der Waals surface area contributed by atoms with E-state index in [-0.39, 0.29) is 0 Å². The number of nitrogens with two attached hydrogens (primary N) is 1. The Labute approximate surface area is 94.0 Å². The molecule has 1 aromatic carbocycles. The second-order valence-corrected chi connectivity index (χ2v) is 3.78. The van der Waals surface area contributed by atoms with Gasteiger partial charge in [0, 0.05) is 11.6 Å². The average molecular weight is 218 g/mol. The Morgan fingerprint density at radius 1 is 1.25 bits per heavy atom. The predicted octanol–water partition coefficient (Wildman–Crippen LogP) is 2.55. The first kappa shape index (κ1) is 10.5. The summed E-state index contributed by atoms with van der Waals surface area (Å²) in [7, 11) is 1.64. The minimum Gasteiger partial charge on any atom is -0.496 e. The zero-order valence-electron chi connectivity index (χ0n) is 9.57. The Kier molecular flexibility index (Phi) is 2.56. The Morgan fingerprint density at radius 3 is 2.56 bits per heavy atom. The maximum Gasteiger partial charge on any atom is 0.222 e. The summed E-state index contributed by atoms with van der Waals surface area (Å²) in [6.07, 6.45) is 0. The van der Waals surface area contributed by atoms with Crippen LogP contribution in [0.5, 0.6) is 5.75 Å². The molecule has 4 heteroatoms. The molecule has 2 aromatic rings. The number of hydrogen-bond donors (Lipinski definition) is 1. The van der Waals surface area contributed by atoms with Gasteiger partial charge >= 0.3 is 0 Å². The van der Waals surface area contributed by atoms with E-state index in [1.165, 1.54) is 0 Å². The maximum absolute atomic E-state index is 5.51. The van der Waals surface area contributed by atoms with Crippen molar-refractivity contribution in [1.82, 2.24) is 5.16 Å². The Morgan fingerprint density at radius 2 is 2.00 bits per heavy atom. The highest BCUT2D eigenvalue weighted by molar-refractivity contribution is 5.71. The van der Waals surface area contributed by atoms with Crippen LogP contribution in [0.3, 0.4) is 0 Å². The topological polar surface area (TPSA) is 61.3 Å². The predicted molar refractivity (Wildman–Crippen MR) is 62.4 cm³/mol. The van der Waals surface area contributed by atoms with Gasteiger partial charge in [0.2, 0.25) is 5.88 Å². The molecule has 0 radical (unpaired) electrons. The number of nitrogen functional groups attached to an aromatic ring is 1. The molecule has 84 valence electrons. The van der Waals surface area contributed by atoms with Crippen LogP contribution in [0.2, 0.25) is 0 Å². The van der Waals surface area contributed by atoms with Crippen LogP contribution in [-0.2, 0) is 0 Å². The fourth-order valence-electron chi connectivity index (χ4n) is 1.83. The van der Waals surface area contributed by atoms with Crippen LogP contribution in [-0.4, -0.2) is 12.3 Å². The van der Waals surface area contributed by atoms with Crippen molar-refractivity contribution in [2.75, 3.05) is 12.8 Å². The molecule has 0 bridgehead atoms. The molecule has 0 aliphatic heterocycles. The normalized spacial score (nSPS) is 10.4. The van der Waals surface area contributed by atoms with E-state index in [1.54, 1.807) is 13.2 Å². The number of nitrogens with zero attached hydrogens (tertiary/aromatic N) is 1. The maximum atomic E-state index is 5.51. The van der Waals surface area contributed by atoms with Crippen molar-refractivity contribution in [2.45, 2.75) is 13.8 Å². The van der Waals surface area contributed by atoms with Crippen molar-refractivity contribution in [1.29, 1.82) is 0 Å². The SMILES string of the molecule is COc1c(C)cc(C)cc1-c1cc(N)on1. The van der Waals surface area contributed by atoms with Gasteiger partial charge in [-0.15, -0.1) is 0 Å². The summed E-state index contributed by atoms with van der Waals surface area (Å²) in [5, 5.41) is 3.90. The van der Waals surface area contributed by atoms with E-state index >= 15 is 0 Å². The molecule has 2 N–H and O–H groups in total. The third-order valence-corrected chi connectivity index (χ3v) is 2.43. The van der Waals surface area contributed by atoms with Crippen molar-refractivity contribution >= 4 is 5.88 Å². The molecule has 0 atom stereocenters. The lowest BCUT2D eigenvalue weighted by molar-refractivity contribution is 0.411. The first-order valence-corrected chi connectivity index (χ1v) is 4.99. The number of ether oxygens (including phenoxy) is 1. The molecule has 16 heavy (non-hydrogen) atoms. The number of anilines is 1. The van der Waals surface area contributed by atoms with Gasteiger partial charge in [-0.2, -0.15) is 0 Å². The molecule has 0 unspecified atom stereocenters. The monoisotopic (exact) mass is 218 g/mol. The molecule has 0 amide bonds. The molecule has 0 saturated heterocycles.